The minimum absolute atomic E-state index is 0.167. The van der Waals surface area contributed by atoms with Gasteiger partial charge in [0.15, 0.2) is 0 Å². The van der Waals surface area contributed by atoms with Gasteiger partial charge in [0.2, 0.25) is 0 Å². The van der Waals surface area contributed by atoms with Crippen molar-refractivity contribution in [3.8, 4) is 11.5 Å². The van der Waals surface area contributed by atoms with Gasteiger partial charge < -0.3 is 20.1 Å². The van der Waals surface area contributed by atoms with E-state index in [0.29, 0.717) is 12.6 Å². The third-order valence-corrected chi connectivity index (χ3v) is 5.25. The van der Waals surface area contributed by atoms with Crippen molar-refractivity contribution >= 4 is 6.03 Å². The fraction of sp³-hybridized carbons (Fsp3) is 0.650. The van der Waals surface area contributed by atoms with E-state index in [1.54, 1.807) is 14.2 Å². The molecule has 2 N–H and O–H groups in total. The maximum absolute atomic E-state index is 12.3. The van der Waals surface area contributed by atoms with E-state index in [-0.39, 0.29) is 12.1 Å². The Morgan fingerprint density at radius 3 is 2.54 bits per heavy atom. The van der Waals surface area contributed by atoms with Crippen LogP contribution in [0.15, 0.2) is 18.2 Å². The number of piperidine rings is 1. The van der Waals surface area contributed by atoms with Gasteiger partial charge in [-0.2, -0.15) is 0 Å². The molecule has 0 saturated carbocycles. The molecule has 0 radical (unpaired) electrons. The molecule has 146 valence electrons. The van der Waals surface area contributed by atoms with E-state index < -0.39 is 0 Å². The summed E-state index contributed by atoms with van der Waals surface area (Å²) in [5.74, 6) is 2.28. The minimum Gasteiger partial charge on any atom is -0.497 e. The predicted molar refractivity (Wildman–Crippen MR) is 104 cm³/mol. The lowest BCUT2D eigenvalue weighted by Gasteiger charge is -2.35. The number of carbonyl (C=O) groups is 1. The van der Waals surface area contributed by atoms with Crippen molar-refractivity contribution in [3.63, 3.8) is 0 Å². The van der Waals surface area contributed by atoms with Crippen LogP contribution in [0.2, 0.25) is 0 Å². The number of amides is 2. The van der Waals surface area contributed by atoms with Crippen LogP contribution in [0.1, 0.15) is 45.2 Å². The van der Waals surface area contributed by atoms with E-state index in [4.69, 9.17) is 9.47 Å². The van der Waals surface area contributed by atoms with Crippen molar-refractivity contribution in [1.29, 1.82) is 0 Å². The highest BCUT2D eigenvalue weighted by molar-refractivity contribution is 5.74. The van der Waals surface area contributed by atoms with E-state index in [9.17, 15) is 4.79 Å². The monoisotopic (exact) mass is 363 g/mol. The van der Waals surface area contributed by atoms with Crippen LogP contribution >= 0.6 is 0 Å². The predicted octanol–water partition coefficient (Wildman–Crippen LogP) is 3.18. The summed E-state index contributed by atoms with van der Waals surface area (Å²) in [5.41, 5.74) is 0.889. The molecule has 1 aliphatic rings. The second-order valence-electron chi connectivity index (χ2n) is 7.25. The van der Waals surface area contributed by atoms with Crippen LogP contribution in [0.3, 0.4) is 0 Å². The summed E-state index contributed by atoms with van der Waals surface area (Å²) in [4.78, 5) is 14.8. The number of nitrogens with one attached hydrogen (secondary N) is 2. The van der Waals surface area contributed by atoms with Crippen LogP contribution in [0.4, 0.5) is 4.79 Å². The van der Waals surface area contributed by atoms with Crippen molar-refractivity contribution in [2.45, 2.75) is 45.7 Å². The summed E-state index contributed by atoms with van der Waals surface area (Å²) in [6.45, 7) is 9.29. The molecule has 2 atom stereocenters. The molecule has 0 aliphatic carbocycles. The summed E-state index contributed by atoms with van der Waals surface area (Å²) in [7, 11) is 3.25. The molecule has 6 nitrogen and oxygen atoms in total. The van der Waals surface area contributed by atoms with Crippen LogP contribution in [0.5, 0.6) is 11.5 Å². The molecule has 1 aromatic rings. The molecule has 0 spiro atoms. The van der Waals surface area contributed by atoms with E-state index in [2.05, 4.69) is 29.4 Å². The van der Waals surface area contributed by atoms with Crippen molar-refractivity contribution in [1.82, 2.24) is 15.5 Å². The van der Waals surface area contributed by atoms with Crippen molar-refractivity contribution in [2.75, 3.05) is 33.9 Å². The zero-order valence-electron chi connectivity index (χ0n) is 16.7. The Morgan fingerprint density at radius 2 is 1.92 bits per heavy atom. The molecule has 1 aromatic carbocycles. The summed E-state index contributed by atoms with van der Waals surface area (Å²) < 4.78 is 10.7. The largest absolute Gasteiger partial charge is 0.497 e. The highest BCUT2D eigenvalue weighted by Gasteiger charge is 2.21. The maximum Gasteiger partial charge on any atom is 0.315 e. The molecular weight excluding hydrogens is 330 g/mol. The number of ether oxygens (including phenoxy) is 2. The Labute approximate surface area is 157 Å². The van der Waals surface area contributed by atoms with Crippen LogP contribution in [-0.4, -0.2) is 50.8 Å². The van der Waals surface area contributed by atoms with E-state index in [1.807, 2.05) is 25.1 Å². The molecule has 2 unspecified atom stereocenters. The third kappa shape index (κ3) is 5.53. The van der Waals surface area contributed by atoms with Crippen molar-refractivity contribution in [2.24, 2.45) is 5.92 Å². The van der Waals surface area contributed by atoms with Crippen LogP contribution in [-0.2, 0) is 0 Å². The first-order chi connectivity index (χ1) is 12.4. The lowest BCUT2D eigenvalue weighted by Crippen LogP contribution is -2.47. The summed E-state index contributed by atoms with van der Waals surface area (Å²) in [6.07, 6.45) is 2.48. The lowest BCUT2D eigenvalue weighted by molar-refractivity contribution is 0.145. The fourth-order valence-corrected chi connectivity index (χ4v) is 3.34. The first-order valence-electron chi connectivity index (χ1n) is 9.45. The van der Waals surface area contributed by atoms with Gasteiger partial charge in [-0.1, -0.05) is 6.92 Å². The Bertz CT molecular complexity index is 586. The average Bonchev–Trinajstić information content (AvgIpc) is 2.66. The van der Waals surface area contributed by atoms with Crippen LogP contribution < -0.4 is 20.1 Å². The molecule has 1 heterocycles. The van der Waals surface area contributed by atoms with E-state index >= 15 is 0 Å². The van der Waals surface area contributed by atoms with Crippen molar-refractivity contribution in [3.05, 3.63) is 23.8 Å². The van der Waals surface area contributed by atoms with Crippen molar-refractivity contribution < 1.29 is 14.3 Å². The second kappa shape index (κ2) is 9.67. The first kappa shape index (κ1) is 20.4. The number of hydrogen-bond donors (Lipinski definition) is 2. The lowest BCUT2D eigenvalue weighted by atomic mass is 9.98. The number of carbonyl (C=O) groups excluding carboxylic acids is 1. The molecule has 2 amide bonds. The standard InChI is InChI=1S/C20H33N3O3/c1-14-8-10-23(11-9-14)15(2)13-21-20(24)22-16(3)18-12-17(25-4)6-7-19(18)26-5/h6-7,12,14-16H,8-11,13H2,1-5H3,(H2,21,22,24). The molecule has 0 aromatic heterocycles. The zero-order valence-corrected chi connectivity index (χ0v) is 16.7. The average molecular weight is 364 g/mol. The topological polar surface area (TPSA) is 62.8 Å². The van der Waals surface area contributed by atoms with Gasteiger partial charge in [-0.15, -0.1) is 0 Å². The molecule has 6 heteroatoms. The van der Waals surface area contributed by atoms with Crippen LogP contribution in [0.25, 0.3) is 0 Å². The Balaban J connectivity index is 1.85. The quantitative estimate of drug-likeness (QED) is 0.781. The van der Waals surface area contributed by atoms with Gasteiger partial charge in [0, 0.05) is 18.2 Å². The first-order valence-corrected chi connectivity index (χ1v) is 9.45. The van der Waals surface area contributed by atoms with Gasteiger partial charge in [0.1, 0.15) is 11.5 Å². The van der Waals surface area contributed by atoms with Crippen LogP contribution in [0, 0.1) is 5.92 Å². The highest BCUT2D eigenvalue weighted by Crippen LogP contribution is 2.29. The molecule has 2 rings (SSSR count). The number of benzene rings is 1. The van der Waals surface area contributed by atoms with Gasteiger partial charge >= 0.3 is 6.03 Å². The normalized spacial score (nSPS) is 18.0. The number of rotatable bonds is 7. The van der Waals surface area contributed by atoms with E-state index in [1.165, 1.54) is 12.8 Å². The number of hydrogen-bond acceptors (Lipinski definition) is 4. The van der Waals surface area contributed by atoms with Gasteiger partial charge in [-0.3, -0.25) is 4.90 Å². The SMILES string of the molecule is COc1ccc(OC)c(C(C)NC(=O)NCC(C)N2CCC(C)CC2)c1. The number of methoxy groups -OCH3 is 2. The third-order valence-electron chi connectivity index (χ3n) is 5.25. The summed E-state index contributed by atoms with van der Waals surface area (Å²) in [5, 5.41) is 5.98. The highest BCUT2D eigenvalue weighted by atomic mass is 16.5. The molecule has 0 bridgehead atoms. The minimum atomic E-state index is -0.189. The number of urea groups is 1. The summed E-state index contributed by atoms with van der Waals surface area (Å²) in [6, 6.07) is 5.57. The number of nitrogens with zero attached hydrogens (tertiary/aromatic N) is 1. The molecule has 1 saturated heterocycles. The second-order valence-corrected chi connectivity index (χ2v) is 7.25. The molecular formula is C20H33N3O3. The Morgan fingerprint density at radius 1 is 1.23 bits per heavy atom. The summed E-state index contributed by atoms with van der Waals surface area (Å²) >= 11 is 0. The van der Waals surface area contributed by atoms with Gasteiger partial charge in [0.05, 0.1) is 20.3 Å². The van der Waals surface area contributed by atoms with E-state index in [0.717, 1.165) is 36.1 Å². The van der Waals surface area contributed by atoms with Gasteiger partial charge in [0.25, 0.3) is 0 Å². The Hall–Kier alpha value is -1.95. The Kier molecular flexibility index (Phi) is 7.57. The number of likely N-dealkylation sites (tertiary alicyclic amines) is 1. The molecule has 1 fully saturated rings. The zero-order chi connectivity index (χ0) is 19.1. The van der Waals surface area contributed by atoms with Gasteiger partial charge in [-0.25, -0.2) is 4.79 Å². The molecule has 1 aliphatic heterocycles. The van der Waals surface area contributed by atoms with Gasteiger partial charge in [-0.05, 0) is 63.9 Å². The maximum atomic E-state index is 12.3. The fourth-order valence-electron chi connectivity index (χ4n) is 3.34. The smallest absolute Gasteiger partial charge is 0.315 e. The molecule has 26 heavy (non-hydrogen) atoms.